The van der Waals surface area contributed by atoms with E-state index in [0.29, 0.717) is 17.5 Å². The Kier molecular flexibility index (Phi) is 6.78. The maximum absolute atomic E-state index is 6.74. The van der Waals surface area contributed by atoms with E-state index < -0.39 is 0 Å². The second-order valence-electron chi connectivity index (χ2n) is 12.8. The van der Waals surface area contributed by atoms with Crippen LogP contribution in [0.5, 0.6) is 0 Å². The number of hydrogen-bond acceptors (Lipinski definition) is 4. The minimum atomic E-state index is 0.598. The third-order valence-electron chi connectivity index (χ3n) is 9.68. The molecule has 238 valence electrons. The van der Waals surface area contributed by atoms with Gasteiger partial charge in [-0.05, 0) is 68.7 Å². The first kappa shape index (κ1) is 29.0. The molecule has 0 radical (unpaired) electrons. The Bertz CT molecular complexity index is 2910. The summed E-state index contributed by atoms with van der Waals surface area (Å²) in [6, 6.07) is 61.0. The van der Waals surface area contributed by atoms with Gasteiger partial charge in [0.05, 0.1) is 0 Å². The molecule has 0 unspecified atom stereocenters. The molecule has 10 rings (SSSR count). The number of nitrogens with zero attached hydrogens (tertiary/aromatic N) is 3. The predicted octanol–water partition coefficient (Wildman–Crippen LogP) is 12.4. The SMILES string of the molecule is c1ccc(-c2ccc3c(c2)oc2c4ccccc4cc(-c4nc(-c5ccccc5)nc(-c5cccc(-c6ccc7ccccc7c6)c5)n4)c32)cc1. The third-order valence-corrected chi connectivity index (χ3v) is 9.68. The van der Waals surface area contributed by atoms with Gasteiger partial charge in [0, 0.05) is 32.8 Å². The molecule has 51 heavy (non-hydrogen) atoms. The first-order chi connectivity index (χ1) is 25.2. The molecule has 0 saturated carbocycles. The van der Waals surface area contributed by atoms with Crippen molar-refractivity contribution in [1.29, 1.82) is 0 Å². The fourth-order valence-electron chi connectivity index (χ4n) is 7.15. The van der Waals surface area contributed by atoms with Crippen LogP contribution in [-0.4, -0.2) is 15.0 Å². The maximum atomic E-state index is 6.74. The van der Waals surface area contributed by atoms with E-state index in [1.54, 1.807) is 0 Å². The van der Waals surface area contributed by atoms with Gasteiger partial charge in [-0.15, -0.1) is 0 Å². The van der Waals surface area contributed by atoms with Crippen molar-refractivity contribution in [3.05, 3.63) is 176 Å². The van der Waals surface area contributed by atoms with Gasteiger partial charge in [0.15, 0.2) is 17.5 Å². The van der Waals surface area contributed by atoms with Gasteiger partial charge in [0.1, 0.15) is 11.2 Å². The lowest BCUT2D eigenvalue weighted by Gasteiger charge is -2.11. The standard InChI is InChI=1S/C47H29N3O/c1-3-12-30(13-4-1)36-24-25-40-42(29-36)51-44-39-21-10-9-18-37(39)28-41(43(40)44)47-49-45(32-15-5-2-6-16-32)48-46(50-47)38-20-11-19-34(27-38)35-23-22-31-14-7-8-17-33(31)26-35/h1-29H. The molecule has 0 fully saturated rings. The molecule has 0 saturated heterocycles. The van der Waals surface area contributed by atoms with Crippen molar-refractivity contribution in [1.82, 2.24) is 15.0 Å². The average molecular weight is 652 g/mol. The van der Waals surface area contributed by atoms with Gasteiger partial charge in [-0.25, -0.2) is 15.0 Å². The van der Waals surface area contributed by atoms with Gasteiger partial charge >= 0.3 is 0 Å². The number of hydrogen-bond donors (Lipinski definition) is 0. The third kappa shape index (κ3) is 5.13. The Hall–Kier alpha value is -6.91. The number of aromatic nitrogens is 3. The second kappa shape index (κ2) is 11.9. The van der Waals surface area contributed by atoms with E-state index >= 15 is 0 Å². The highest BCUT2D eigenvalue weighted by Crippen LogP contribution is 2.42. The summed E-state index contributed by atoms with van der Waals surface area (Å²) in [5, 5.41) is 6.55. The van der Waals surface area contributed by atoms with E-state index in [1.165, 1.54) is 10.8 Å². The van der Waals surface area contributed by atoms with Crippen LogP contribution in [0, 0.1) is 0 Å². The van der Waals surface area contributed by atoms with Crippen LogP contribution in [-0.2, 0) is 0 Å². The summed E-state index contributed by atoms with van der Waals surface area (Å²) in [6.07, 6.45) is 0. The lowest BCUT2D eigenvalue weighted by molar-refractivity contribution is 0.673. The Labute approximate surface area is 294 Å². The van der Waals surface area contributed by atoms with Crippen molar-refractivity contribution in [2.24, 2.45) is 0 Å². The van der Waals surface area contributed by atoms with Gasteiger partial charge in [0.2, 0.25) is 0 Å². The molecule has 0 N–H and O–H groups in total. The molecule has 0 aliphatic heterocycles. The molecule has 8 aromatic carbocycles. The van der Waals surface area contributed by atoms with E-state index in [2.05, 4.69) is 140 Å². The average Bonchev–Trinajstić information content (AvgIpc) is 3.60. The minimum absolute atomic E-state index is 0.598. The van der Waals surface area contributed by atoms with Crippen LogP contribution in [0.1, 0.15) is 0 Å². The zero-order valence-corrected chi connectivity index (χ0v) is 27.5. The molecule has 2 aromatic heterocycles. The Morgan fingerprint density at radius 1 is 0.333 bits per heavy atom. The van der Waals surface area contributed by atoms with Gasteiger partial charge in [0.25, 0.3) is 0 Å². The van der Waals surface area contributed by atoms with Gasteiger partial charge in [-0.2, -0.15) is 0 Å². The van der Waals surface area contributed by atoms with Crippen molar-refractivity contribution in [2.75, 3.05) is 0 Å². The Morgan fingerprint density at radius 2 is 0.922 bits per heavy atom. The molecule has 0 spiro atoms. The van der Waals surface area contributed by atoms with Crippen molar-refractivity contribution >= 4 is 43.5 Å². The van der Waals surface area contributed by atoms with E-state index in [4.69, 9.17) is 19.4 Å². The molecular weight excluding hydrogens is 623 g/mol. The molecule has 4 heteroatoms. The van der Waals surface area contributed by atoms with Gasteiger partial charge in [-0.1, -0.05) is 146 Å². The second-order valence-corrected chi connectivity index (χ2v) is 12.8. The quantitative estimate of drug-likeness (QED) is 0.186. The molecule has 0 amide bonds. The highest BCUT2D eigenvalue weighted by Gasteiger charge is 2.21. The number of fused-ring (bicyclic) bond motifs is 6. The fourth-order valence-corrected chi connectivity index (χ4v) is 7.15. The van der Waals surface area contributed by atoms with Crippen molar-refractivity contribution < 1.29 is 4.42 Å². The van der Waals surface area contributed by atoms with Crippen LogP contribution in [0.25, 0.3) is 99.9 Å². The summed E-state index contributed by atoms with van der Waals surface area (Å²) >= 11 is 0. The first-order valence-corrected chi connectivity index (χ1v) is 17.1. The van der Waals surface area contributed by atoms with Crippen molar-refractivity contribution in [2.45, 2.75) is 0 Å². The van der Waals surface area contributed by atoms with Gasteiger partial charge < -0.3 is 4.42 Å². The smallest absolute Gasteiger partial charge is 0.164 e. The summed E-state index contributed by atoms with van der Waals surface area (Å²) in [4.78, 5) is 15.5. The lowest BCUT2D eigenvalue weighted by atomic mass is 9.98. The van der Waals surface area contributed by atoms with E-state index in [9.17, 15) is 0 Å². The van der Waals surface area contributed by atoms with Crippen LogP contribution in [0.4, 0.5) is 0 Å². The predicted molar refractivity (Wildman–Crippen MR) is 209 cm³/mol. The normalized spacial score (nSPS) is 11.5. The van der Waals surface area contributed by atoms with Crippen LogP contribution in [0.2, 0.25) is 0 Å². The van der Waals surface area contributed by atoms with Gasteiger partial charge in [-0.3, -0.25) is 0 Å². The highest BCUT2D eigenvalue weighted by atomic mass is 16.3. The summed E-state index contributed by atoms with van der Waals surface area (Å²) < 4.78 is 6.74. The number of rotatable bonds is 5. The summed E-state index contributed by atoms with van der Waals surface area (Å²) in [5.41, 5.74) is 8.89. The molecule has 0 bridgehead atoms. The van der Waals surface area contributed by atoms with Crippen LogP contribution >= 0.6 is 0 Å². The molecule has 0 aliphatic carbocycles. The fraction of sp³-hybridized carbons (Fsp3) is 0. The molecule has 10 aromatic rings. The maximum Gasteiger partial charge on any atom is 0.164 e. The largest absolute Gasteiger partial charge is 0.455 e. The van der Waals surface area contributed by atoms with E-state index in [0.717, 1.165) is 71.7 Å². The summed E-state index contributed by atoms with van der Waals surface area (Å²) in [7, 11) is 0. The van der Waals surface area contributed by atoms with Crippen LogP contribution < -0.4 is 0 Å². The van der Waals surface area contributed by atoms with E-state index in [1.807, 2.05) is 36.4 Å². The van der Waals surface area contributed by atoms with Crippen LogP contribution in [0.3, 0.4) is 0 Å². The van der Waals surface area contributed by atoms with Crippen LogP contribution in [0.15, 0.2) is 180 Å². The molecule has 2 heterocycles. The molecule has 0 aliphatic rings. The van der Waals surface area contributed by atoms with E-state index in [-0.39, 0.29) is 0 Å². The summed E-state index contributed by atoms with van der Waals surface area (Å²) in [5.74, 6) is 1.83. The Balaban J connectivity index is 1.20. The summed E-state index contributed by atoms with van der Waals surface area (Å²) in [6.45, 7) is 0. The topological polar surface area (TPSA) is 51.8 Å². The zero-order valence-electron chi connectivity index (χ0n) is 27.5. The minimum Gasteiger partial charge on any atom is -0.455 e. The number of benzene rings is 8. The monoisotopic (exact) mass is 651 g/mol. The lowest BCUT2D eigenvalue weighted by Crippen LogP contribution is -2.00. The number of furan rings is 1. The van der Waals surface area contributed by atoms with Crippen molar-refractivity contribution in [3.8, 4) is 56.4 Å². The Morgan fingerprint density at radius 3 is 1.75 bits per heavy atom. The van der Waals surface area contributed by atoms with Crippen molar-refractivity contribution in [3.63, 3.8) is 0 Å². The highest BCUT2D eigenvalue weighted by molar-refractivity contribution is 6.21. The molecule has 4 nitrogen and oxygen atoms in total. The first-order valence-electron chi connectivity index (χ1n) is 17.1. The zero-order chi connectivity index (χ0) is 33.7. The molecule has 0 atom stereocenters. The molecular formula is C47H29N3O.